The smallest absolute Gasteiger partial charge is 0.229 e. The quantitative estimate of drug-likeness (QED) is 0.908. The molecule has 1 N–H and O–H groups in total. The van der Waals surface area contributed by atoms with Crippen LogP contribution >= 0.6 is 0 Å². The molecule has 0 saturated heterocycles. The van der Waals surface area contributed by atoms with Crippen molar-refractivity contribution in [2.45, 2.75) is 26.3 Å². The summed E-state index contributed by atoms with van der Waals surface area (Å²) < 4.78 is 27.7. The van der Waals surface area contributed by atoms with Gasteiger partial charge in [-0.15, -0.1) is 0 Å². The minimum absolute atomic E-state index is 0.685. The summed E-state index contributed by atoms with van der Waals surface area (Å²) in [5, 5.41) is 0. The number of sulfonamides is 1. The normalized spacial score (nSPS) is 17.6. The van der Waals surface area contributed by atoms with Crippen molar-refractivity contribution in [2.24, 2.45) is 0 Å². The molecular formula is C16H22N4O2S. The molecule has 0 atom stereocenters. The highest BCUT2D eigenvalue weighted by Crippen LogP contribution is 2.28. The average Bonchev–Trinajstić information content (AvgIpc) is 2.83. The summed E-state index contributed by atoms with van der Waals surface area (Å²) in [5.41, 5.74) is 3.94. The first-order valence-electron chi connectivity index (χ1n) is 7.73. The fourth-order valence-electron chi connectivity index (χ4n) is 3.10. The summed E-state index contributed by atoms with van der Waals surface area (Å²) in [7, 11) is -1.20. The molecule has 0 fully saturated rings. The first kappa shape index (κ1) is 15.9. The van der Waals surface area contributed by atoms with Gasteiger partial charge in [-0.3, -0.25) is 4.72 Å². The van der Waals surface area contributed by atoms with Gasteiger partial charge in [0, 0.05) is 37.1 Å². The van der Waals surface area contributed by atoms with Gasteiger partial charge in [0.25, 0.3) is 0 Å². The lowest BCUT2D eigenvalue weighted by atomic mass is 10.1. The molecule has 0 saturated carbocycles. The summed E-state index contributed by atoms with van der Waals surface area (Å²) in [5.74, 6) is 0.977. The maximum Gasteiger partial charge on any atom is 0.229 e. The van der Waals surface area contributed by atoms with Crippen molar-refractivity contribution in [2.75, 3.05) is 19.8 Å². The van der Waals surface area contributed by atoms with Crippen LogP contribution < -0.4 is 4.72 Å². The van der Waals surface area contributed by atoms with Gasteiger partial charge < -0.3 is 9.47 Å². The molecule has 2 aliphatic rings. The highest BCUT2D eigenvalue weighted by atomic mass is 32.2. The molecule has 0 bridgehead atoms. The fraction of sp³-hybridized carbons (Fsp3) is 0.438. The van der Waals surface area contributed by atoms with Gasteiger partial charge in [0.2, 0.25) is 10.0 Å². The summed E-state index contributed by atoms with van der Waals surface area (Å²) in [4.78, 5) is 6.90. The Bertz CT molecular complexity index is 815. The molecule has 6 nitrogen and oxygen atoms in total. The zero-order valence-electron chi connectivity index (χ0n) is 13.7. The first-order valence-corrected chi connectivity index (χ1v) is 9.62. The second-order valence-electron chi connectivity index (χ2n) is 6.00. The number of fused-ring (bicyclic) bond motifs is 1. The van der Waals surface area contributed by atoms with Gasteiger partial charge in [0.05, 0.1) is 11.9 Å². The van der Waals surface area contributed by atoms with Gasteiger partial charge >= 0.3 is 0 Å². The predicted octanol–water partition coefficient (Wildman–Crippen LogP) is 1.58. The van der Waals surface area contributed by atoms with E-state index in [0.29, 0.717) is 12.1 Å². The minimum Gasteiger partial charge on any atom is -0.376 e. The van der Waals surface area contributed by atoms with E-state index in [4.69, 9.17) is 4.98 Å². The number of allylic oxidation sites excluding steroid dienone is 3. The molecule has 23 heavy (non-hydrogen) atoms. The molecule has 2 heterocycles. The predicted molar refractivity (Wildman–Crippen MR) is 91.9 cm³/mol. The molecule has 1 aliphatic heterocycles. The van der Waals surface area contributed by atoms with Crippen molar-refractivity contribution >= 4 is 21.7 Å². The van der Waals surface area contributed by atoms with Gasteiger partial charge in [-0.05, 0) is 38.1 Å². The average molecular weight is 334 g/mol. The van der Waals surface area contributed by atoms with E-state index >= 15 is 0 Å². The van der Waals surface area contributed by atoms with E-state index in [1.165, 1.54) is 17.5 Å². The highest BCUT2D eigenvalue weighted by Gasteiger charge is 2.22. The molecule has 0 aromatic carbocycles. The number of nitrogens with zero attached hydrogens (tertiary/aromatic N) is 3. The van der Waals surface area contributed by atoms with Crippen LogP contribution in [-0.4, -0.2) is 42.7 Å². The Kier molecular flexibility index (Phi) is 4.06. The zero-order chi connectivity index (χ0) is 16.6. The maximum atomic E-state index is 11.4. The highest BCUT2D eigenvalue weighted by molar-refractivity contribution is 7.88. The third-order valence-electron chi connectivity index (χ3n) is 4.02. The molecule has 3 rings (SSSR count). The van der Waals surface area contributed by atoms with Crippen LogP contribution in [0.5, 0.6) is 0 Å². The van der Waals surface area contributed by atoms with Crippen LogP contribution in [0, 0.1) is 0 Å². The second kappa shape index (κ2) is 5.88. The maximum absolute atomic E-state index is 11.4. The third-order valence-corrected chi connectivity index (χ3v) is 4.66. The second-order valence-corrected chi connectivity index (χ2v) is 7.75. The lowest BCUT2D eigenvalue weighted by Crippen LogP contribution is -2.23. The molecule has 0 spiro atoms. The molecule has 1 aromatic heterocycles. The Morgan fingerprint density at radius 1 is 1.35 bits per heavy atom. The standard InChI is InChI=1S/C16H22N4O2S/c1-4-20-15-8-7-13(18-23(3,21)22)10-14(15)17-16(20)12-6-5-9-19(2)11-12/h5-6,9-10,18H,4,7-8,11H2,1-3H3. The van der Waals surface area contributed by atoms with Crippen LogP contribution in [0.4, 0.5) is 0 Å². The van der Waals surface area contributed by atoms with E-state index in [1.807, 2.05) is 25.4 Å². The number of imidazole rings is 1. The van der Waals surface area contributed by atoms with Crippen LogP contribution in [0.15, 0.2) is 24.0 Å². The van der Waals surface area contributed by atoms with Crippen molar-refractivity contribution in [1.29, 1.82) is 0 Å². The molecule has 1 aromatic rings. The van der Waals surface area contributed by atoms with Crippen LogP contribution in [0.2, 0.25) is 0 Å². The summed E-state index contributed by atoms with van der Waals surface area (Å²) >= 11 is 0. The Hall–Kier alpha value is -2.02. The van der Waals surface area contributed by atoms with Crippen LogP contribution in [0.1, 0.15) is 30.6 Å². The van der Waals surface area contributed by atoms with E-state index in [0.717, 1.165) is 31.0 Å². The number of hydrogen-bond acceptors (Lipinski definition) is 4. The van der Waals surface area contributed by atoms with Crippen molar-refractivity contribution in [1.82, 2.24) is 19.2 Å². The van der Waals surface area contributed by atoms with Crippen LogP contribution in [0.25, 0.3) is 11.6 Å². The van der Waals surface area contributed by atoms with Crippen molar-refractivity contribution in [3.05, 3.63) is 41.3 Å². The fourth-order valence-corrected chi connectivity index (χ4v) is 3.74. The van der Waals surface area contributed by atoms with Crippen molar-refractivity contribution in [3.63, 3.8) is 0 Å². The van der Waals surface area contributed by atoms with Crippen molar-refractivity contribution < 1.29 is 8.42 Å². The number of aromatic nitrogens is 2. The van der Waals surface area contributed by atoms with Crippen LogP contribution in [0.3, 0.4) is 0 Å². The molecule has 0 radical (unpaired) electrons. The molecule has 124 valence electrons. The molecule has 0 amide bonds. The minimum atomic E-state index is -3.24. The van der Waals surface area contributed by atoms with E-state index < -0.39 is 10.0 Å². The summed E-state index contributed by atoms with van der Waals surface area (Å²) in [6.45, 7) is 3.79. The lowest BCUT2D eigenvalue weighted by Gasteiger charge is -2.20. The zero-order valence-corrected chi connectivity index (χ0v) is 14.5. The Labute approximate surface area is 137 Å². The van der Waals surface area contributed by atoms with Crippen molar-refractivity contribution in [3.8, 4) is 0 Å². The van der Waals surface area contributed by atoms with E-state index in [-0.39, 0.29) is 0 Å². The van der Waals surface area contributed by atoms with Gasteiger partial charge in [-0.25, -0.2) is 13.4 Å². The lowest BCUT2D eigenvalue weighted by molar-refractivity contribution is 0.509. The first-order chi connectivity index (χ1) is 10.9. The van der Waals surface area contributed by atoms with E-state index in [2.05, 4.69) is 27.2 Å². The van der Waals surface area contributed by atoms with Gasteiger partial charge in [-0.1, -0.05) is 6.08 Å². The topological polar surface area (TPSA) is 67.2 Å². The van der Waals surface area contributed by atoms with Gasteiger partial charge in [0.15, 0.2) is 0 Å². The largest absolute Gasteiger partial charge is 0.376 e. The monoisotopic (exact) mass is 334 g/mol. The number of likely N-dealkylation sites (N-methyl/N-ethyl adjacent to an activating group) is 1. The number of hydrogen-bond donors (Lipinski definition) is 1. The molecular weight excluding hydrogens is 312 g/mol. The van der Waals surface area contributed by atoms with Crippen LogP contribution in [-0.2, 0) is 23.0 Å². The summed E-state index contributed by atoms with van der Waals surface area (Å²) in [6, 6.07) is 0. The summed E-state index contributed by atoms with van der Waals surface area (Å²) in [6.07, 6.45) is 10.7. The third kappa shape index (κ3) is 3.34. The Morgan fingerprint density at radius 3 is 2.78 bits per heavy atom. The van der Waals surface area contributed by atoms with Gasteiger partial charge in [0.1, 0.15) is 5.82 Å². The molecule has 7 heteroatoms. The van der Waals surface area contributed by atoms with E-state index in [9.17, 15) is 8.42 Å². The van der Waals surface area contributed by atoms with Gasteiger partial charge in [-0.2, -0.15) is 0 Å². The number of rotatable bonds is 4. The SMILES string of the molecule is CCn1c(C2=CC=CN(C)C2)nc2c1CCC(NS(C)(=O)=O)=C2. The van der Waals surface area contributed by atoms with E-state index in [1.54, 1.807) is 0 Å². The molecule has 1 aliphatic carbocycles. The molecule has 0 unspecified atom stereocenters. The number of nitrogens with one attached hydrogen (secondary N) is 1. The Balaban J connectivity index is 2.00. The Morgan fingerprint density at radius 2 is 2.13 bits per heavy atom.